The van der Waals surface area contributed by atoms with E-state index < -0.39 is 6.04 Å². The van der Waals surface area contributed by atoms with E-state index in [-0.39, 0.29) is 23.9 Å². The van der Waals surface area contributed by atoms with Gasteiger partial charge in [-0.25, -0.2) is 0 Å². The van der Waals surface area contributed by atoms with E-state index in [2.05, 4.69) is 6.07 Å². The lowest BCUT2D eigenvalue weighted by Gasteiger charge is -2.28. The normalized spacial score (nSPS) is 25.3. The second-order valence-electron chi connectivity index (χ2n) is 7.02. The van der Waals surface area contributed by atoms with Crippen molar-refractivity contribution >= 4 is 17.5 Å². The molecule has 0 saturated heterocycles. The van der Waals surface area contributed by atoms with Gasteiger partial charge in [0.05, 0.1) is 12.5 Å². The largest absolute Gasteiger partial charge is 0.324 e. The zero-order valence-electron chi connectivity index (χ0n) is 13.2. The van der Waals surface area contributed by atoms with Crippen LogP contribution in [0.15, 0.2) is 18.2 Å². The molecule has 2 aliphatic carbocycles. The van der Waals surface area contributed by atoms with Crippen LogP contribution in [0.3, 0.4) is 0 Å². The van der Waals surface area contributed by atoms with Crippen molar-refractivity contribution in [2.24, 2.45) is 0 Å². The van der Waals surface area contributed by atoms with Crippen molar-refractivity contribution in [3.8, 4) is 0 Å². The van der Waals surface area contributed by atoms with Crippen molar-refractivity contribution in [2.75, 3.05) is 0 Å². The number of nitrogens with zero attached hydrogens (tertiary/aromatic N) is 1. The summed E-state index contributed by atoms with van der Waals surface area (Å²) in [5, 5.41) is 0. The Kier molecular flexibility index (Phi) is 3.55. The zero-order chi connectivity index (χ0) is 16.0. The van der Waals surface area contributed by atoms with Gasteiger partial charge in [0.15, 0.2) is 5.78 Å². The summed E-state index contributed by atoms with van der Waals surface area (Å²) >= 11 is 0. The highest BCUT2D eigenvalue weighted by atomic mass is 16.2. The van der Waals surface area contributed by atoms with E-state index in [0.717, 1.165) is 11.1 Å². The highest BCUT2D eigenvalue weighted by molar-refractivity contribution is 6.06. The van der Waals surface area contributed by atoms with E-state index in [0.29, 0.717) is 31.7 Å². The quantitative estimate of drug-likeness (QED) is 0.623. The number of hydrogen-bond acceptors (Lipinski definition) is 3. The summed E-state index contributed by atoms with van der Waals surface area (Å²) in [5.41, 5.74) is 3.17. The van der Waals surface area contributed by atoms with Crippen LogP contribution in [0.5, 0.6) is 0 Å². The molecule has 0 radical (unpaired) electrons. The summed E-state index contributed by atoms with van der Waals surface area (Å²) < 4.78 is 0. The van der Waals surface area contributed by atoms with Gasteiger partial charge in [0.2, 0.25) is 0 Å². The zero-order valence-corrected chi connectivity index (χ0v) is 13.2. The molecule has 0 N–H and O–H groups in total. The van der Waals surface area contributed by atoms with Crippen molar-refractivity contribution in [3.63, 3.8) is 0 Å². The highest BCUT2D eigenvalue weighted by Crippen LogP contribution is 2.41. The topological polar surface area (TPSA) is 54.5 Å². The van der Waals surface area contributed by atoms with Gasteiger partial charge >= 0.3 is 0 Å². The molecule has 0 aromatic heterocycles. The van der Waals surface area contributed by atoms with E-state index in [9.17, 15) is 14.4 Å². The molecular weight excluding hydrogens is 290 g/mol. The Balaban J connectivity index is 1.64. The molecule has 4 rings (SSSR count). The fraction of sp³-hybridized carbons (Fsp3) is 0.526. The van der Waals surface area contributed by atoms with E-state index >= 15 is 0 Å². The third-order valence-corrected chi connectivity index (χ3v) is 5.63. The lowest BCUT2D eigenvalue weighted by Crippen LogP contribution is -2.41. The van der Waals surface area contributed by atoms with Gasteiger partial charge in [-0.05, 0) is 48.8 Å². The Morgan fingerprint density at radius 1 is 1.00 bits per heavy atom. The van der Waals surface area contributed by atoms with Gasteiger partial charge in [0.1, 0.15) is 5.78 Å². The molecule has 1 heterocycles. The smallest absolute Gasteiger partial charge is 0.255 e. The molecule has 0 spiro atoms. The van der Waals surface area contributed by atoms with Crippen molar-refractivity contribution in [2.45, 2.75) is 63.5 Å². The van der Waals surface area contributed by atoms with Gasteiger partial charge in [-0.2, -0.15) is 0 Å². The summed E-state index contributed by atoms with van der Waals surface area (Å²) in [7, 11) is 0. The number of amides is 1. The Bertz CT molecular complexity index is 690. The molecule has 1 aromatic rings. The number of fused-ring (bicyclic) bond motifs is 1. The molecule has 0 unspecified atom stereocenters. The minimum Gasteiger partial charge on any atom is -0.324 e. The second kappa shape index (κ2) is 5.59. The average Bonchev–Trinajstić information content (AvgIpc) is 2.70. The summed E-state index contributed by atoms with van der Waals surface area (Å²) in [6, 6.07) is 5.56. The second-order valence-corrected chi connectivity index (χ2v) is 7.02. The number of rotatable bonds is 2. The van der Waals surface area contributed by atoms with Gasteiger partial charge < -0.3 is 4.90 Å². The van der Waals surface area contributed by atoms with E-state index in [1.165, 1.54) is 24.8 Å². The molecule has 23 heavy (non-hydrogen) atoms. The van der Waals surface area contributed by atoms with E-state index in [1.54, 1.807) is 4.90 Å². The predicted molar refractivity (Wildman–Crippen MR) is 85.2 cm³/mol. The Morgan fingerprint density at radius 3 is 2.57 bits per heavy atom. The third-order valence-electron chi connectivity index (χ3n) is 5.63. The molecule has 2 saturated carbocycles. The lowest BCUT2D eigenvalue weighted by atomic mass is 9.77. The molecule has 1 atom stereocenters. The number of carbonyl (C=O) groups excluding carboxylic acids is 3. The lowest BCUT2D eigenvalue weighted by molar-refractivity contribution is -0.128. The third kappa shape index (κ3) is 2.41. The number of carbonyl (C=O) groups is 3. The molecule has 1 amide bonds. The number of benzene rings is 1. The van der Waals surface area contributed by atoms with Crippen LogP contribution in [0.4, 0.5) is 0 Å². The van der Waals surface area contributed by atoms with Crippen LogP contribution in [-0.2, 0) is 16.1 Å². The molecule has 3 aliphatic rings. The number of ketones is 2. The van der Waals surface area contributed by atoms with Crippen molar-refractivity contribution in [3.05, 3.63) is 34.9 Å². The van der Waals surface area contributed by atoms with Gasteiger partial charge in [0, 0.05) is 18.5 Å². The number of Topliss-reactive ketones (excluding diaryl/α,β-unsaturated/α-hetero) is 2. The highest BCUT2D eigenvalue weighted by Gasteiger charge is 2.39. The number of hydrogen-bond donors (Lipinski definition) is 0. The molecule has 0 bridgehead atoms. The first-order valence-corrected chi connectivity index (χ1v) is 8.62. The van der Waals surface area contributed by atoms with Crippen molar-refractivity contribution < 1.29 is 14.4 Å². The molecule has 120 valence electrons. The van der Waals surface area contributed by atoms with Crippen molar-refractivity contribution in [1.82, 2.24) is 4.90 Å². The molecular formula is C19H21NO3. The summed E-state index contributed by atoms with van der Waals surface area (Å²) in [5.74, 6) is 0.466. The van der Waals surface area contributed by atoms with Gasteiger partial charge in [-0.1, -0.05) is 18.6 Å². The fourth-order valence-electron chi connectivity index (χ4n) is 4.12. The Labute approximate surface area is 135 Å². The Morgan fingerprint density at radius 2 is 1.83 bits per heavy atom. The summed E-state index contributed by atoms with van der Waals surface area (Å²) in [6.07, 6.45) is 5.41. The molecule has 1 aliphatic heterocycles. The summed E-state index contributed by atoms with van der Waals surface area (Å²) in [4.78, 5) is 38.5. The van der Waals surface area contributed by atoms with Crippen LogP contribution in [0.1, 0.15) is 72.3 Å². The fourth-order valence-corrected chi connectivity index (χ4v) is 4.12. The first-order valence-electron chi connectivity index (χ1n) is 8.62. The van der Waals surface area contributed by atoms with Gasteiger partial charge in [0.25, 0.3) is 5.91 Å². The van der Waals surface area contributed by atoms with Crippen LogP contribution in [-0.4, -0.2) is 28.4 Å². The van der Waals surface area contributed by atoms with Crippen LogP contribution in [0.2, 0.25) is 0 Å². The molecule has 2 fully saturated rings. The molecule has 4 heteroatoms. The maximum atomic E-state index is 12.8. The minimum atomic E-state index is -0.421. The Hall–Kier alpha value is -1.97. The first kappa shape index (κ1) is 14.6. The van der Waals surface area contributed by atoms with E-state index in [1.807, 2.05) is 12.1 Å². The maximum Gasteiger partial charge on any atom is 0.255 e. The van der Waals surface area contributed by atoms with Crippen molar-refractivity contribution in [1.29, 1.82) is 0 Å². The van der Waals surface area contributed by atoms with Gasteiger partial charge in [-0.3, -0.25) is 14.4 Å². The standard InChI is InChI=1S/C19H21NO3/c21-13-6-2-9-17(18(22)10-13)20-11-16-14(12-4-1-5-12)7-3-8-15(16)19(20)23/h3,7-8,12,17H,1-2,4-6,9-11H2/t17-/m0/s1. The predicted octanol–water partition coefficient (Wildman–Crippen LogP) is 2.99. The minimum absolute atomic E-state index is 0.0109. The molecule has 4 nitrogen and oxygen atoms in total. The van der Waals surface area contributed by atoms with Crippen LogP contribution >= 0.6 is 0 Å². The maximum absolute atomic E-state index is 12.8. The summed E-state index contributed by atoms with van der Waals surface area (Å²) in [6.45, 7) is 0.533. The van der Waals surface area contributed by atoms with E-state index in [4.69, 9.17) is 0 Å². The van der Waals surface area contributed by atoms with Crippen LogP contribution < -0.4 is 0 Å². The SMILES string of the molecule is O=C1CCC[C@H](N2Cc3c(cccc3C3CCC3)C2=O)C(=O)C1. The van der Waals surface area contributed by atoms with Crippen LogP contribution in [0, 0.1) is 0 Å². The van der Waals surface area contributed by atoms with Crippen LogP contribution in [0.25, 0.3) is 0 Å². The monoisotopic (exact) mass is 311 g/mol. The average molecular weight is 311 g/mol. The molecule has 1 aromatic carbocycles. The van der Waals surface area contributed by atoms with Gasteiger partial charge in [-0.15, -0.1) is 0 Å². The first-order chi connectivity index (χ1) is 11.1.